The molecule has 1 aliphatic heterocycles. The fraction of sp³-hybridized carbons (Fsp3) is 0.500. The molecule has 1 aliphatic rings. The SMILES string of the molecule is CC1=NC=IC(OCC(F)(F)F)=C1C. The van der Waals surface area contributed by atoms with Gasteiger partial charge in [-0.2, -0.15) is 13.2 Å². The minimum Gasteiger partial charge on any atom is -0.478 e. The van der Waals surface area contributed by atoms with Gasteiger partial charge in [-0.25, -0.2) is 0 Å². The Kier molecular flexibility index (Phi) is 3.68. The molecule has 0 radical (unpaired) electrons. The number of hydrogen-bond acceptors (Lipinski definition) is 2. The molecule has 0 saturated heterocycles. The highest BCUT2D eigenvalue weighted by molar-refractivity contribution is 14.2. The van der Waals surface area contributed by atoms with Crippen LogP contribution in [0.15, 0.2) is 14.3 Å². The van der Waals surface area contributed by atoms with Crippen LogP contribution in [0.25, 0.3) is 0 Å². The van der Waals surface area contributed by atoms with E-state index in [1.807, 2.05) is 0 Å². The van der Waals surface area contributed by atoms with Crippen LogP contribution >= 0.6 is 20.7 Å². The van der Waals surface area contributed by atoms with Gasteiger partial charge in [0, 0.05) is 11.3 Å². The van der Waals surface area contributed by atoms with Crippen LogP contribution in [0.1, 0.15) is 13.8 Å². The van der Waals surface area contributed by atoms with Gasteiger partial charge in [0.2, 0.25) is 0 Å². The van der Waals surface area contributed by atoms with E-state index < -0.39 is 33.5 Å². The lowest BCUT2D eigenvalue weighted by molar-refractivity contribution is -0.162. The van der Waals surface area contributed by atoms with Crippen molar-refractivity contribution in [2.45, 2.75) is 20.0 Å². The molecule has 6 heteroatoms. The van der Waals surface area contributed by atoms with Crippen LogP contribution in [0, 0.1) is 0 Å². The van der Waals surface area contributed by atoms with E-state index in [0.29, 0.717) is 3.77 Å². The first-order chi connectivity index (χ1) is 6.40. The summed E-state index contributed by atoms with van der Waals surface area (Å²) in [6.07, 6.45) is -4.26. The Balaban J connectivity index is 2.67. The number of ether oxygens (including phenoxy) is 1. The second-order valence-electron chi connectivity index (χ2n) is 2.72. The molecule has 0 aromatic carbocycles. The molecule has 0 unspecified atom stereocenters. The van der Waals surface area contributed by atoms with E-state index in [-0.39, 0.29) is 0 Å². The Hall–Kier alpha value is -0.400. The number of nitrogens with zero attached hydrogens (tertiary/aromatic N) is 1. The molecule has 0 amide bonds. The highest BCUT2D eigenvalue weighted by Crippen LogP contribution is 2.27. The minimum atomic E-state index is -4.26. The number of aliphatic imine (C=N–C) groups is 1. The van der Waals surface area contributed by atoms with Crippen LogP contribution in [0.2, 0.25) is 0 Å². The molecule has 80 valence electrons. The van der Waals surface area contributed by atoms with Crippen LogP contribution in [0.3, 0.4) is 0 Å². The first-order valence-electron chi connectivity index (χ1n) is 3.80. The average molecular weight is 319 g/mol. The summed E-state index contributed by atoms with van der Waals surface area (Å²) >= 11 is -0.628. The van der Waals surface area contributed by atoms with Crippen LogP contribution in [0.5, 0.6) is 0 Å². The highest BCUT2D eigenvalue weighted by atomic mass is 127. The van der Waals surface area contributed by atoms with Crippen molar-refractivity contribution in [3.05, 3.63) is 9.34 Å². The first kappa shape index (κ1) is 11.7. The number of alkyl halides is 3. The lowest BCUT2D eigenvalue weighted by Gasteiger charge is -2.13. The summed E-state index contributed by atoms with van der Waals surface area (Å²) < 4.78 is 42.4. The van der Waals surface area contributed by atoms with Gasteiger partial charge in [0.15, 0.2) is 10.4 Å². The second kappa shape index (κ2) is 4.41. The van der Waals surface area contributed by atoms with Crippen LogP contribution in [-0.4, -0.2) is 22.6 Å². The number of hydrogen-bond donors (Lipinski definition) is 0. The molecular weight excluding hydrogens is 310 g/mol. The molecule has 0 fully saturated rings. The van der Waals surface area contributed by atoms with E-state index in [9.17, 15) is 13.2 Å². The third-order valence-corrected chi connectivity index (χ3v) is 3.83. The lowest BCUT2D eigenvalue weighted by atomic mass is 10.2. The van der Waals surface area contributed by atoms with Gasteiger partial charge in [-0.05, 0) is 34.6 Å². The zero-order chi connectivity index (χ0) is 10.8. The smallest absolute Gasteiger partial charge is 0.422 e. The van der Waals surface area contributed by atoms with Crippen molar-refractivity contribution in [3.63, 3.8) is 0 Å². The second-order valence-corrected chi connectivity index (χ2v) is 4.88. The van der Waals surface area contributed by atoms with Crippen LogP contribution in [-0.2, 0) is 4.74 Å². The number of halogens is 4. The van der Waals surface area contributed by atoms with E-state index in [4.69, 9.17) is 4.74 Å². The van der Waals surface area contributed by atoms with Crippen molar-refractivity contribution in [3.8, 4) is 0 Å². The zero-order valence-electron chi connectivity index (χ0n) is 7.65. The zero-order valence-corrected chi connectivity index (χ0v) is 9.81. The maximum absolute atomic E-state index is 11.9. The third-order valence-electron chi connectivity index (χ3n) is 1.59. The number of allylic oxidation sites excluding steroid dienone is 1. The molecule has 0 aromatic rings. The Morgan fingerprint density at radius 2 is 2.07 bits per heavy atom. The maximum atomic E-state index is 11.9. The molecule has 1 rings (SSSR count). The molecule has 0 aliphatic carbocycles. The topological polar surface area (TPSA) is 21.6 Å². The molecule has 0 atom stereocenters. The summed E-state index contributed by atoms with van der Waals surface area (Å²) in [4.78, 5) is 4.03. The van der Waals surface area contributed by atoms with E-state index in [1.54, 1.807) is 18.0 Å². The van der Waals surface area contributed by atoms with Gasteiger partial charge in [-0.3, -0.25) is 4.99 Å². The lowest BCUT2D eigenvalue weighted by Crippen LogP contribution is -2.17. The van der Waals surface area contributed by atoms with Crippen molar-refractivity contribution < 1.29 is 17.9 Å². The first-order valence-corrected chi connectivity index (χ1v) is 6.13. The minimum absolute atomic E-state index is 0.466. The van der Waals surface area contributed by atoms with Crippen molar-refractivity contribution in [1.29, 1.82) is 0 Å². The molecule has 1 heterocycles. The summed E-state index contributed by atoms with van der Waals surface area (Å²) in [5.41, 5.74) is 1.47. The highest BCUT2D eigenvalue weighted by Gasteiger charge is 2.29. The van der Waals surface area contributed by atoms with Gasteiger partial charge in [-0.1, -0.05) is 0 Å². The largest absolute Gasteiger partial charge is 0.478 e. The molecule has 0 spiro atoms. The summed E-state index contributed by atoms with van der Waals surface area (Å²) in [5, 5.41) is 0. The molecule has 0 aromatic heterocycles. The van der Waals surface area contributed by atoms with Crippen molar-refractivity contribution in [2.24, 2.45) is 4.99 Å². The van der Waals surface area contributed by atoms with E-state index in [0.717, 1.165) is 11.3 Å². The monoisotopic (exact) mass is 319 g/mol. The van der Waals surface area contributed by atoms with Gasteiger partial charge in [0.25, 0.3) is 0 Å². The standard InChI is InChI=1S/C8H9F3INO/c1-5-6(2)13-4-12-7(5)14-3-8(9,10)11/h4H,3H2,1-2H3. The van der Waals surface area contributed by atoms with Crippen molar-refractivity contribution >= 4 is 30.6 Å². The summed E-state index contributed by atoms with van der Waals surface area (Å²) in [5.74, 6) is 0. The molecule has 2 nitrogen and oxygen atoms in total. The Labute approximate surface area is 89.6 Å². The molecular formula is C8H9F3INO. The Bertz CT molecular complexity index is 317. The Morgan fingerprint density at radius 1 is 1.43 bits per heavy atom. The maximum Gasteiger partial charge on any atom is 0.422 e. The summed E-state index contributed by atoms with van der Waals surface area (Å²) in [6, 6.07) is 0. The normalized spacial score (nSPS) is 17.6. The predicted molar refractivity (Wildman–Crippen MR) is 57.9 cm³/mol. The van der Waals surface area contributed by atoms with E-state index in [2.05, 4.69) is 4.99 Å². The molecule has 14 heavy (non-hydrogen) atoms. The molecule has 0 bridgehead atoms. The van der Waals surface area contributed by atoms with Gasteiger partial charge in [0.1, 0.15) is 0 Å². The van der Waals surface area contributed by atoms with Crippen LogP contribution in [0.4, 0.5) is 13.2 Å². The molecule has 0 saturated carbocycles. The third kappa shape index (κ3) is 3.39. The average Bonchev–Trinajstić information content (AvgIpc) is 2.06. The molecule has 0 N–H and O–H groups in total. The fourth-order valence-electron chi connectivity index (χ4n) is 0.748. The van der Waals surface area contributed by atoms with Gasteiger partial charge >= 0.3 is 6.18 Å². The van der Waals surface area contributed by atoms with Gasteiger partial charge in [-0.15, -0.1) is 0 Å². The van der Waals surface area contributed by atoms with E-state index >= 15 is 0 Å². The predicted octanol–water partition coefficient (Wildman–Crippen LogP) is 3.00. The summed E-state index contributed by atoms with van der Waals surface area (Å²) in [6.45, 7) is 2.28. The number of rotatable bonds is 2. The fourth-order valence-corrected chi connectivity index (χ4v) is 2.75. The van der Waals surface area contributed by atoms with Crippen molar-refractivity contribution in [1.82, 2.24) is 0 Å². The van der Waals surface area contributed by atoms with Gasteiger partial charge < -0.3 is 4.74 Å². The van der Waals surface area contributed by atoms with Crippen molar-refractivity contribution in [2.75, 3.05) is 6.61 Å². The van der Waals surface area contributed by atoms with E-state index in [1.165, 1.54) is 0 Å². The van der Waals surface area contributed by atoms with Crippen LogP contribution < -0.4 is 0 Å². The van der Waals surface area contributed by atoms with Gasteiger partial charge in [0.05, 0.1) is 4.14 Å². The summed E-state index contributed by atoms with van der Waals surface area (Å²) in [7, 11) is 0. The quantitative estimate of drug-likeness (QED) is 0.717. The Morgan fingerprint density at radius 3 is 2.64 bits per heavy atom.